The molecule has 0 saturated heterocycles. The second-order valence-electron chi connectivity index (χ2n) is 4.16. The van der Waals surface area contributed by atoms with Crippen LogP contribution >= 0.6 is 11.6 Å². The minimum absolute atomic E-state index is 0.489. The molecule has 3 heteroatoms. The summed E-state index contributed by atoms with van der Waals surface area (Å²) in [5.74, 6) is 0. The molecular weight excluding hydrogens is 246 g/mol. The first kappa shape index (κ1) is 12.8. The SMILES string of the molecule is CCc1ccc(Cc2ccc(Cl)c(C=O)c2)nc1. The molecule has 0 aliphatic heterocycles. The van der Waals surface area contributed by atoms with Crippen LogP contribution in [0.1, 0.15) is 34.1 Å². The normalized spacial score (nSPS) is 10.3. The highest BCUT2D eigenvalue weighted by Gasteiger charge is 2.03. The summed E-state index contributed by atoms with van der Waals surface area (Å²) in [5.41, 5.74) is 3.78. The van der Waals surface area contributed by atoms with Gasteiger partial charge < -0.3 is 0 Å². The third-order valence-electron chi connectivity index (χ3n) is 2.87. The number of aldehydes is 1. The van der Waals surface area contributed by atoms with E-state index in [1.807, 2.05) is 24.4 Å². The minimum Gasteiger partial charge on any atom is -0.298 e. The molecule has 0 atom stereocenters. The van der Waals surface area contributed by atoms with Gasteiger partial charge in [0, 0.05) is 23.9 Å². The molecule has 0 bridgehead atoms. The highest BCUT2D eigenvalue weighted by Crippen LogP contribution is 2.17. The molecule has 92 valence electrons. The molecule has 1 aromatic heterocycles. The monoisotopic (exact) mass is 259 g/mol. The van der Waals surface area contributed by atoms with Crippen molar-refractivity contribution in [3.63, 3.8) is 0 Å². The fraction of sp³-hybridized carbons (Fsp3) is 0.200. The highest BCUT2D eigenvalue weighted by atomic mass is 35.5. The summed E-state index contributed by atoms with van der Waals surface area (Å²) in [5, 5.41) is 0.489. The van der Waals surface area contributed by atoms with E-state index in [1.54, 1.807) is 6.07 Å². The highest BCUT2D eigenvalue weighted by molar-refractivity contribution is 6.32. The fourth-order valence-electron chi connectivity index (χ4n) is 1.77. The molecule has 0 unspecified atom stereocenters. The average Bonchev–Trinajstić information content (AvgIpc) is 2.42. The van der Waals surface area contributed by atoms with Crippen molar-refractivity contribution in [1.29, 1.82) is 0 Å². The van der Waals surface area contributed by atoms with Crippen LogP contribution in [0, 0.1) is 0 Å². The van der Waals surface area contributed by atoms with Crippen molar-refractivity contribution in [2.24, 2.45) is 0 Å². The average molecular weight is 260 g/mol. The van der Waals surface area contributed by atoms with Gasteiger partial charge >= 0.3 is 0 Å². The van der Waals surface area contributed by atoms with E-state index in [0.717, 1.165) is 24.0 Å². The molecule has 2 rings (SSSR count). The second kappa shape index (κ2) is 5.78. The van der Waals surface area contributed by atoms with Gasteiger partial charge in [0.1, 0.15) is 0 Å². The van der Waals surface area contributed by atoms with Crippen LogP contribution < -0.4 is 0 Å². The Morgan fingerprint density at radius 2 is 2.00 bits per heavy atom. The molecule has 0 fully saturated rings. The number of benzene rings is 1. The van der Waals surface area contributed by atoms with Gasteiger partial charge in [0.2, 0.25) is 0 Å². The first-order valence-corrected chi connectivity index (χ1v) is 6.28. The van der Waals surface area contributed by atoms with Crippen molar-refractivity contribution in [3.05, 3.63) is 63.9 Å². The van der Waals surface area contributed by atoms with Crippen molar-refractivity contribution in [2.75, 3.05) is 0 Å². The third kappa shape index (κ3) is 2.96. The number of halogens is 1. The molecule has 2 nitrogen and oxygen atoms in total. The van der Waals surface area contributed by atoms with E-state index < -0.39 is 0 Å². The first-order chi connectivity index (χ1) is 8.72. The van der Waals surface area contributed by atoms with Gasteiger partial charge in [-0.05, 0) is 35.7 Å². The van der Waals surface area contributed by atoms with Crippen molar-refractivity contribution in [1.82, 2.24) is 4.98 Å². The molecular formula is C15H14ClNO. The number of rotatable bonds is 4. The summed E-state index contributed by atoms with van der Waals surface area (Å²) >= 11 is 5.89. The molecule has 1 heterocycles. The Hall–Kier alpha value is -1.67. The molecule has 0 amide bonds. The maximum absolute atomic E-state index is 10.8. The van der Waals surface area contributed by atoms with Crippen LogP contribution in [0.25, 0.3) is 0 Å². The van der Waals surface area contributed by atoms with Gasteiger partial charge in [0.05, 0.1) is 5.02 Å². The summed E-state index contributed by atoms with van der Waals surface area (Å²) in [6.07, 6.45) is 4.37. The predicted octanol–water partition coefficient (Wildman–Crippen LogP) is 3.70. The Morgan fingerprint density at radius 3 is 2.61 bits per heavy atom. The Morgan fingerprint density at radius 1 is 1.22 bits per heavy atom. The van der Waals surface area contributed by atoms with Gasteiger partial charge in [-0.1, -0.05) is 30.7 Å². The molecule has 0 radical (unpaired) electrons. The van der Waals surface area contributed by atoms with Crippen LogP contribution in [0.2, 0.25) is 5.02 Å². The van der Waals surface area contributed by atoms with Crippen molar-refractivity contribution < 1.29 is 4.79 Å². The van der Waals surface area contributed by atoms with E-state index in [4.69, 9.17) is 11.6 Å². The van der Waals surface area contributed by atoms with Crippen LogP contribution in [-0.2, 0) is 12.8 Å². The maximum Gasteiger partial charge on any atom is 0.151 e. The third-order valence-corrected chi connectivity index (χ3v) is 3.21. The van der Waals surface area contributed by atoms with Gasteiger partial charge in [-0.15, -0.1) is 0 Å². The lowest BCUT2D eigenvalue weighted by Gasteiger charge is -2.04. The van der Waals surface area contributed by atoms with Crippen molar-refractivity contribution in [2.45, 2.75) is 19.8 Å². The molecule has 0 N–H and O–H groups in total. The van der Waals surface area contributed by atoms with Crippen LogP contribution in [-0.4, -0.2) is 11.3 Å². The van der Waals surface area contributed by atoms with Gasteiger partial charge in [0.25, 0.3) is 0 Å². The quantitative estimate of drug-likeness (QED) is 0.784. The molecule has 0 spiro atoms. The molecule has 0 aliphatic rings. The second-order valence-corrected chi connectivity index (χ2v) is 4.57. The molecule has 18 heavy (non-hydrogen) atoms. The van der Waals surface area contributed by atoms with E-state index in [9.17, 15) is 4.79 Å². The number of aromatic nitrogens is 1. The van der Waals surface area contributed by atoms with E-state index in [2.05, 4.69) is 18.0 Å². The van der Waals surface area contributed by atoms with Gasteiger partial charge in [-0.3, -0.25) is 9.78 Å². The number of hydrogen-bond acceptors (Lipinski definition) is 2. The lowest BCUT2D eigenvalue weighted by molar-refractivity contribution is 0.112. The number of aryl methyl sites for hydroxylation is 1. The van der Waals surface area contributed by atoms with Crippen molar-refractivity contribution in [3.8, 4) is 0 Å². The zero-order valence-corrected chi connectivity index (χ0v) is 10.9. The predicted molar refractivity (Wildman–Crippen MR) is 73.3 cm³/mol. The minimum atomic E-state index is 0.489. The topological polar surface area (TPSA) is 30.0 Å². The van der Waals surface area contributed by atoms with Gasteiger partial charge in [0.15, 0.2) is 6.29 Å². The van der Waals surface area contributed by atoms with Crippen LogP contribution in [0.3, 0.4) is 0 Å². The smallest absolute Gasteiger partial charge is 0.151 e. The lowest BCUT2D eigenvalue weighted by atomic mass is 10.1. The zero-order chi connectivity index (χ0) is 13.0. The van der Waals surface area contributed by atoms with Gasteiger partial charge in [-0.25, -0.2) is 0 Å². The molecule has 1 aromatic carbocycles. The summed E-state index contributed by atoms with van der Waals surface area (Å²) < 4.78 is 0. The summed E-state index contributed by atoms with van der Waals surface area (Å²) in [7, 11) is 0. The van der Waals surface area contributed by atoms with Crippen molar-refractivity contribution >= 4 is 17.9 Å². The number of carbonyl (C=O) groups is 1. The molecule has 0 saturated carbocycles. The Bertz CT molecular complexity index is 549. The molecule has 2 aromatic rings. The number of nitrogens with zero attached hydrogens (tertiary/aromatic N) is 1. The number of carbonyl (C=O) groups excluding carboxylic acids is 1. The fourth-order valence-corrected chi connectivity index (χ4v) is 1.93. The van der Waals surface area contributed by atoms with E-state index >= 15 is 0 Å². The molecule has 0 aliphatic carbocycles. The number of hydrogen-bond donors (Lipinski definition) is 0. The van der Waals surface area contributed by atoms with E-state index in [0.29, 0.717) is 17.0 Å². The number of pyridine rings is 1. The summed E-state index contributed by atoms with van der Waals surface area (Å²) in [6.45, 7) is 2.10. The maximum atomic E-state index is 10.8. The Balaban J connectivity index is 2.20. The largest absolute Gasteiger partial charge is 0.298 e. The van der Waals surface area contributed by atoms with Crippen LogP contribution in [0.4, 0.5) is 0 Å². The summed E-state index contributed by atoms with van der Waals surface area (Å²) in [4.78, 5) is 15.2. The summed E-state index contributed by atoms with van der Waals surface area (Å²) in [6, 6.07) is 9.59. The zero-order valence-electron chi connectivity index (χ0n) is 10.2. The lowest BCUT2D eigenvalue weighted by Crippen LogP contribution is -1.94. The van der Waals surface area contributed by atoms with Gasteiger partial charge in [-0.2, -0.15) is 0 Å². The van der Waals surface area contributed by atoms with Crippen LogP contribution in [0.5, 0.6) is 0 Å². The van der Waals surface area contributed by atoms with Crippen LogP contribution in [0.15, 0.2) is 36.5 Å². The Labute approximate surface area is 112 Å². The standard InChI is InChI=1S/C15H14ClNO/c1-2-11-3-5-14(17-9-11)8-12-4-6-15(16)13(7-12)10-18/h3-7,9-10H,2,8H2,1H3. The van der Waals surface area contributed by atoms with E-state index in [1.165, 1.54) is 5.56 Å². The first-order valence-electron chi connectivity index (χ1n) is 5.90. The van der Waals surface area contributed by atoms with E-state index in [-0.39, 0.29) is 0 Å². The Kier molecular flexibility index (Phi) is 4.11.